The summed E-state index contributed by atoms with van der Waals surface area (Å²) in [6.07, 6.45) is 0. The Hall–Kier alpha value is -1.24. The number of thioether (sulfide) groups is 1. The summed E-state index contributed by atoms with van der Waals surface area (Å²) in [4.78, 5) is 22.6. The third kappa shape index (κ3) is 3.63. The van der Waals surface area contributed by atoms with Crippen LogP contribution >= 0.6 is 24.2 Å². The molecule has 0 saturated carbocycles. The third-order valence-electron chi connectivity index (χ3n) is 2.47. The highest BCUT2D eigenvalue weighted by atomic mass is 35.5. The Labute approximate surface area is 115 Å². The number of anilines is 1. The normalized spacial score (nSPS) is 17.9. The molecule has 1 aromatic carbocycles. The number of halogens is 1. The third-order valence-corrected chi connectivity index (χ3v) is 3.41. The molecule has 2 amide bonds. The lowest BCUT2D eigenvalue weighted by Crippen LogP contribution is -2.37. The van der Waals surface area contributed by atoms with Crippen molar-refractivity contribution in [2.24, 2.45) is 5.73 Å². The molecule has 0 spiro atoms. The maximum absolute atomic E-state index is 11.8. The summed E-state index contributed by atoms with van der Waals surface area (Å²) in [5.41, 5.74) is 6.22. The highest BCUT2D eigenvalue weighted by molar-refractivity contribution is 7.99. The summed E-state index contributed by atoms with van der Waals surface area (Å²) in [6, 6.07) is 6.37. The van der Waals surface area contributed by atoms with Gasteiger partial charge < -0.3 is 11.1 Å². The van der Waals surface area contributed by atoms with Gasteiger partial charge in [-0.2, -0.15) is 0 Å². The largest absolute Gasteiger partial charge is 0.366 e. The first-order valence-corrected chi connectivity index (χ1v) is 6.34. The Balaban J connectivity index is 0.00000162. The lowest BCUT2D eigenvalue weighted by atomic mass is 10.2. The van der Waals surface area contributed by atoms with Gasteiger partial charge in [0.2, 0.25) is 11.8 Å². The van der Waals surface area contributed by atoms with Crippen LogP contribution in [0.5, 0.6) is 0 Å². The van der Waals surface area contributed by atoms with Gasteiger partial charge in [0, 0.05) is 22.9 Å². The molecule has 18 heavy (non-hydrogen) atoms. The van der Waals surface area contributed by atoms with Gasteiger partial charge in [-0.15, -0.1) is 24.2 Å². The van der Waals surface area contributed by atoms with Crippen molar-refractivity contribution in [3.8, 4) is 0 Å². The minimum absolute atomic E-state index is 0. The first kappa shape index (κ1) is 14.8. The summed E-state index contributed by atoms with van der Waals surface area (Å²) >= 11 is 1.69. The maximum atomic E-state index is 11.8. The number of rotatable bonds is 3. The van der Waals surface area contributed by atoms with E-state index in [1.807, 2.05) is 0 Å². The zero-order valence-electron chi connectivity index (χ0n) is 9.51. The van der Waals surface area contributed by atoms with Crippen LogP contribution in [0.15, 0.2) is 24.3 Å². The smallest absolute Gasteiger partial charge is 0.248 e. The number of amides is 2. The van der Waals surface area contributed by atoms with Crippen LogP contribution in [0.1, 0.15) is 10.4 Å². The van der Waals surface area contributed by atoms with E-state index in [9.17, 15) is 9.59 Å². The number of nitrogens with one attached hydrogen (secondary N) is 2. The molecular weight excluding hydrogens is 274 g/mol. The van der Waals surface area contributed by atoms with Crippen LogP contribution in [0.2, 0.25) is 0 Å². The van der Waals surface area contributed by atoms with Gasteiger partial charge in [0.15, 0.2) is 0 Å². The fraction of sp³-hybridized carbons (Fsp3) is 0.273. The highest BCUT2D eigenvalue weighted by Gasteiger charge is 2.22. The van der Waals surface area contributed by atoms with Crippen LogP contribution in [0.4, 0.5) is 5.69 Å². The lowest BCUT2D eigenvalue weighted by Gasteiger charge is -2.10. The molecule has 1 atom stereocenters. The van der Waals surface area contributed by atoms with E-state index in [0.29, 0.717) is 11.3 Å². The van der Waals surface area contributed by atoms with Crippen LogP contribution in [0.3, 0.4) is 0 Å². The van der Waals surface area contributed by atoms with Gasteiger partial charge in [-0.05, 0) is 24.3 Å². The van der Waals surface area contributed by atoms with Crippen molar-refractivity contribution >= 4 is 41.7 Å². The van der Waals surface area contributed by atoms with Crippen LogP contribution in [0, 0.1) is 0 Å². The fourth-order valence-corrected chi connectivity index (χ4v) is 2.45. The predicted octanol–water partition coefficient (Wildman–Crippen LogP) is 0.808. The summed E-state index contributed by atoms with van der Waals surface area (Å²) in [5, 5.41) is 5.87. The molecule has 2 rings (SSSR count). The van der Waals surface area contributed by atoms with Gasteiger partial charge in [0.05, 0.1) is 6.04 Å². The van der Waals surface area contributed by atoms with E-state index in [2.05, 4.69) is 10.6 Å². The van der Waals surface area contributed by atoms with E-state index in [1.165, 1.54) is 0 Å². The van der Waals surface area contributed by atoms with E-state index in [-0.39, 0.29) is 24.4 Å². The van der Waals surface area contributed by atoms with Gasteiger partial charge in [-0.25, -0.2) is 0 Å². The molecular formula is C11H14ClN3O2S. The Morgan fingerprint density at radius 3 is 2.50 bits per heavy atom. The van der Waals surface area contributed by atoms with Crippen molar-refractivity contribution in [3.63, 3.8) is 0 Å². The van der Waals surface area contributed by atoms with E-state index in [4.69, 9.17) is 5.73 Å². The first-order chi connectivity index (χ1) is 8.16. The zero-order chi connectivity index (χ0) is 12.3. The van der Waals surface area contributed by atoms with Crippen LogP contribution in [-0.2, 0) is 4.79 Å². The number of carbonyl (C=O) groups excluding carboxylic acids is 2. The number of benzene rings is 1. The molecule has 0 aliphatic carbocycles. The highest BCUT2D eigenvalue weighted by Crippen LogP contribution is 2.13. The Morgan fingerprint density at radius 1 is 1.33 bits per heavy atom. The Kier molecular flexibility index (Phi) is 5.46. The average molecular weight is 288 g/mol. The number of carbonyl (C=O) groups is 2. The van der Waals surface area contributed by atoms with Gasteiger partial charge in [-0.1, -0.05) is 0 Å². The SMILES string of the molecule is Cl.NC(=O)c1ccc(NC(=O)C2CSCN2)cc1. The van der Waals surface area contributed by atoms with E-state index < -0.39 is 5.91 Å². The van der Waals surface area contributed by atoms with Crippen molar-refractivity contribution in [2.45, 2.75) is 6.04 Å². The van der Waals surface area contributed by atoms with Gasteiger partial charge in [-0.3, -0.25) is 14.9 Å². The van der Waals surface area contributed by atoms with Gasteiger partial charge >= 0.3 is 0 Å². The molecule has 1 aliphatic heterocycles. The number of hydrogen-bond acceptors (Lipinski definition) is 4. The molecule has 1 fully saturated rings. The second-order valence-corrected chi connectivity index (χ2v) is 4.73. The molecule has 0 aromatic heterocycles. The molecule has 1 aromatic rings. The van der Waals surface area contributed by atoms with E-state index in [0.717, 1.165) is 11.6 Å². The van der Waals surface area contributed by atoms with E-state index in [1.54, 1.807) is 36.0 Å². The summed E-state index contributed by atoms with van der Waals surface area (Å²) in [6.45, 7) is 0. The second kappa shape index (κ2) is 6.63. The molecule has 1 saturated heterocycles. The summed E-state index contributed by atoms with van der Waals surface area (Å²) < 4.78 is 0. The van der Waals surface area contributed by atoms with Crippen molar-refractivity contribution in [3.05, 3.63) is 29.8 Å². The predicted molar refractivity (Wildman–Crippen MR) is 75.1 cm³/mol. The summed E-state index contributed by atoms with van der Waals surface area (Å²) in [5.74, 6) is 1.06. The monoisotopic (exact) mass is 287 g/mol. The zero-order valence-corrected chi connectivity index (χ0v) is 11.1. The molecule has 7 heteroatoms. The van der Waals surface area contributed by atoms with Crippen LogP contribution in [0.25, 0.3) is 0 Å². The minimum atomic E-state index is -0.475. The van der Waals surface area contributed by atoms with Crippen molar-refractivity contribution in [2.75, 3.05) is 16.9 Å². The van der Waals surface area contributed by atoms with Gasteiger partial charge in [0.25, 0.3) is 0 Å². The topological polar surface area (TPSA) is 84.2 Å². The molecule has 0 bridgehead atoms. The maximum Gasteiger partial charge on any atom is 0.248 e. The van der Waals surface area contributed by atoms with Crippen molar-refractivity contribution < 1.29 is 9.59 Å². The lowest BCUT2D eigenvalue weighted by molar-refractivity contribution is -0.117. The van der Waals surface area contributed by atoms with E-state index >= 15 is 0 Å². The number of nitrogens with two attached hydrogens (primary N) is 1. The fourth-order valence-electron chi connectivity index (χ4n) is 1.51. The number of hydrogen-bond donors (Lipinski definition) is 3. The molecule has 5 nitrogen and oxygen atoms in total. The molecule has 1 unspecified atom stereocenters. The number of primary amides is 1. The molecule has 1 heterocycles. The first-order valence-electron chi connectivity index (χ1n) is 5.18. The molecule has 4 N–H and O–H groups in total. The molecule has 1 aliphatic rings. The van der Waals surface area contributed by atoms with Crippen molar-refractivity contribution in [1.82, 2.24) is 5.32 Å². The summed E-state index contributed by atoms with van der Waals surface area (Å²) in [7, 11) is 0. The average Bonchev–Trinajstić information content (AvgIpc) is 2.83. The quantitative estimate of drug-likeness (QED) is 0.768. The molecule has 0 radical (unpaired) electrons. The van der Waals surface area contributed by atoms with Crippen LogP contribution in [-0.4, -0.2) is 29.5 Å². The second-order valence-electron chi connectivity index (χ2n) is 3.70. The van der Waals surface area contributed by atoms with Crippen LogP contribution < -0.4 is 16.4 Å². The van der Waals surface area contributed by atoms with Crippen molar-refractivity contribution in [1.29, 1.82) is 0 Å². The molecule has 98 valence electrons. The standard InChI is InChI=1S/C11H13N3O2S.ClH/c12-10(15)7-1-3-8(4-2-7)14-11(16)9-5-17-6-13-9;/h1-4,9,13H,5-6H2,(H2,12,15)(H,14,16);1H. The Bertz CT molecular complexity index is 432. The minimum Gasteiger partial charge on any atom is -0.366 e. The van der Waals surface area contributed by atoms with Gasteiger partial charge in [0.1, 0.15) is 0 Å². The Morgan fingerprint density at radius 2 is 2.00 bits per heavy atom.